The predicted octanol–water partition coefficient (Wildman–Crippen LogP) is 5.52. The maximum absolute atomic E-state index is 14.2. The number of benzene rings is 2. The zero-order valence-electron chi connectivity index (χ0n) is 30.6. The van der Waals surface area contributed by atoms with Gasteiger partial charge in [0.2, 0.25) is 5.91 Å². The lowest BCUT2D eigenvalue weighted by Crippen LogP contribution is -2.48. The fourth-order valence-corrected chi connectivity index (χ4v) is 6.15. The normalized spacial score (nSPS) is 14.4. The lowest BCUT2D eigenvalue weighted by atomic mass is 10.1. The minimum atomic E-state index is -1.26. The number of carboxylic acids is 4. The number of fused-ring (bicyclic) bond motifs is 2. The summed E-state index contributed by atoms with van der Waals surface area (Å²) in [5.41, 5.74) is 3.50. The SMILES string of the molecule is CCCCCCCCCC(=O)n1nc(N2CCN(CCN3Cc4ccccc4C3)CC2)c2ccc(F)cc21.O=C(O)/C=C\C(=O)O.O=C(O)/C=C\C(=O)O. The first kappa shape index (κ1) is 43.0. The third kappa shape index (κ3) is 14.9. The molecule has 3 aromatic rings. The highest BCUT2D eigenvalue weighted by Gasteiger charge is 2.25. The number of aromatic nitrogens is 2. The quantitative estimate of drug-likeness (QED) is 0.106. The number of carbonyl (C=O) groups excluding carboxylic acids is 1. The summed E-state index contributed by atoms with van der Waals surface area (Å²) >= 11 is 0. The molecule has 14 nitrogen and oxygen atoms in total. The van der Waals surface area contributed by atoms with Crippen molar-refractivity contribution in [2.45, 2.75) is 71.4 Å². The Hall–Kier alpha value is -5.41. The summed E-state index contributed by atoms with van der Waals surface area (Å²) in [5, 5.41) is 36.9. The molecule has 0 radical (unpaired) electrons. The summed E-state index contributed by atoms with van der Waals surface area (Å²) in [7, 11) is 0. The van der Waals surface area contributed by atoms with Crippen LogP contribution >= 0.6 is 0 Å². The number of aliphatic carboxylic acids is 4. The van der Waals surface area contributed by atoms with Crippen LogP contribution in [0.3, 0.4) is 0 Å². The molecule has 1 fully saturated rings. The number of anilines is 1. The highest BCUT2D eigenvalue weighted by Crippen LogP contribution is 2.29. The molecule has 0 bridgehead atoms. The van der Waals surface area contributed by atoms with E-state index in [1.54, 1.807) is 6.07 Å². The second-order valence-corrected chi connectivity index (χ2v) is 13.0. The Balaban J connectivity index is 0.000000410. The number of hydrogen-bond acceptors (Lipinski definition) is 9. The van der Waals surface area contributed by atoms with Crippen LogP contribution in [-0.4, -0.2) is 109 Å². The molecule has 15 heteroatoms. The molecule has 0 aliphatic carbocycles. The van der Waals surface area contributed by atoms with Crippen molar-refractivity contribution < 1.29 is 48.8 Å². The molecule has 292 valence electrons. The summed E-state index contributed by atoms with van der Waals surface area (Å²) in [6.07, 6.45) is 10.8. The lowest BCUT2D eigenvalue weighted by molar-refractivity contribution is -0.134. The molecule has 2 aliphatic heterocycles. The van der Waals surface area contributed by atoms with E-state index < -0.39 is 23.9 Å². The summed E-state index contributed by atoms with van der Waals surface area (Å²) in [5.74, 6) is -4.59. The van der Waals surface area contributed by atoms with Gasteiger partial charge in [-0.2, -0.15) is 4.68 Å². The first-order chi connectivity index (χ1) is 25.9. The fourth-order valence-electron chi connectivity index (χ4n) is 6.15. The zero-order valence-corrected chi connectivity index (χ0v) is 30.6. The van der Waals surface area contributed by atoms with Gasteiger partial charge in [-0.05, 0) is 29.7 Å². The number of hydrogen-bond donors (Lipinski definition) is 4. The van der Waals surface area contributed by atoms with Gasteiger partial charge in [0, 0.05) is 94.5 Å². The van der Waals surface area contributed by atoms with Crippen LogP contribution in [0.2, 0.25) is 0 Å². The summed E-state index contributed by atoms with van der Waals surface area (Å²) in [6.45, 7) is 10.1. The van der Waals surface area contributed by atoms with Gasteiger partial charge in [-0.1, -0.05) is 69.7 Å². The van der Waals surface area contributed by atoms with Crippen LogP contribution in [0.25, 0.3) is 10.9 Å². The molecule has 2 aromatic carbocycles. The molecule has 0 unspecified atom stereocenters. The van der Waals surface area contributed by atoms with Gasteiger partial charge in [0.15, 0.2) is 5.82 Å². The highest BCUT2D eigenvalue weighted by atomic mass is 19.1. The summed E-state index contributed by atoms with van der Waals surface area (Å²) in [4.78, 5) is 58.6. The predicted molar refractivity (Wildman–Crippen MR) is 201 cm³/mol. The smallest absolute Gasteiger partial charge is 0.328 e. The third-order valence-corrected chi connectivity index (χ3v) is 8.90. The molecule has 1 saturated heterocycles. The van der Waals surface area contributed by atoms with E-state index in [-0.39, 0.29) is 11.7 Å². The van der Waals surface area contributed by atoms with E-state index in [1.807, 2.05) is 0 Å². The molecule has 4 N–H and O–H groups in total. The van der Waals surface area contributed by atoms with Gasteiger partial charge in [-0.3, -0.25) is 14.6 Å². The van der Waals surface area contributed by atoms with Gasteiger partial charge in [-0.15, -0.1) is 5.10 Å². The summed E-state index contributed by atoms with van der Waals surface area (Å²) in [6, 6.07) is 13.4. The Morgan fingerprint density at radius 2 is 1.19 bits per heavy atom. The van der Waals surface area contributed by atoms with Gasteiger partial charge in [-0.25, -0.2) is 23.6 Å². The number of carbonyl (C=O) groups is 5. The van der Waals surface area contributed by atoms with Gasteiger partial charge < -0.3 is 25.3 Å². The average molecular weight is 752 g/mol. The van der Waals surface area contributed by atoms with E-state index >= 15 is 0 Å². The van der Waals surface area contributed by atoms with Crippen molar-refractivity contribution in [3.05, 3.63) is 83.7 Å². The Morgan fingerprint density at radius 1 is 0.685 bits per heavy atom. The van der Waals surface area contributed by atoms with E-state index in [0.717, 1.165) is 76.4 Å². The fraction of sp³-hybridized carbons (Fsp3) is 0.436. The standard InChI is InChI=1S/C31H42FN5O.2C4H4O4/c1-2-3-4-5-6-7-8-13-30(38)37-29-22-27(32)14-15-28(29)31(33-37)36-20-18-34(19-21-36)16-17-35-23-25-11-9-10-12-26(25)24-35;2*5-3(6)1-2-4(7)8/h9-12,14-15,22H,2-8,13,16-21,23-24H2,1H3;2*1-2H,(H,5,6)(H,7,8)/b;2*2-1-. The van der Waals surface area contributed by atoms with Crippen molar-refractivity contribution in [3.8, 4) is 0 Å². The number of nitrogens with zero attached hydrogens (tertiary/aromatic N) is 5. The molecule has 0 atom stereocenters. The van der Waals surface area contributed by atoms with Crippen LogP contribution in [0.4, 0.5) is 10.2 Å². The monoisotopic (exact) mass is 751 g/mol. The molecule has 5 rings (SSSR count). The number of rotatable bonds is 16. The highest BCUT2D eigenvalue weighted by molar-refractivity contribution is 5.97. The van der Waals surface area contributed by atoms with Crippen LogP contribution in [-0.2, 0) is 32.3 Å². The van der Waals surface area contributed by atoms with Crippen LogP contribution in [0.15, 0.2) is 66.8 Å². The van der Waals surface area contributed by atoms with E-state index in [0.29, 0.717) is 36.2 Å². The van der Waals surface area contributed by atoms with Crippen molar-refractivity contribution >= 4 is 46.5 Å². The molecular formula is C39H50FN5O9. The van der Waals surface area contributed by atoms with Crippen molar-refractivity contribution in [1.82, 2.24) is 19.6 Å². The van der Waals surface area contributed by atoms with Crippen molar-refractivity contribution in [2.75, 3.05) is 44.2 Å². The minimum absolute atomic E-state index is 0.0364. The maximum atomic E-state index is 14.2. The first-order valence-corrected chi connectivity index (χ1v) is 18.1. The number of piperazine rings is 1. The Labute approximate surface area is 313 Å². The minimum Gasteiger partial charge on any atom is -0.478 e. The second-order valence-electron chi connectivity index (χ2n) is 13.0. The number of carboxylic acid groups (broad SMARTS) is 4. The van der Waals surface area contributed by atoms with Crippen LogP contribution in [0, 0.1) is 5.82 Å². The molecule has 0 saturated carbocycles. The van der Waals surface area contributed by atoms with Gasteiger partial charge in [0.1, 0.15) is 5.82 Å². The molecule has 54 heavy (non-hydrogen) atoms. The molecule has 0 spiro atoms. The van der Waals surface area contributed by atoms with Crippen molar-refractivity contribution in [3.63, 3.8) is 0 Å². The van der Waals surface area contributed by atoms with E-state index in [9.17, 15) is 28.4 Å². The van der Waals surface area contributed by atoms with E-state index in [2.05, 4.69) is 45.9 Å². The number of unbranched alkanes of at least 4 members (excludes halogenated alkanes) is 6. The molecule has 3 heterocycles. The largest absolute Gasteiger partial charge is 0.478 e. The van der Waals surface area contributed by atoms with Gasteiger partial charge >= 0.3 is 23.9 Å². The molecule has 1 aromatic heterocycles. The van der Waals surface area contributed by atoms with Crippen molar-refractivity contribution in [1.29, 1.82) is 0 Å². The average Bonchev–Trinajstić information content (AvgIpc) is 3.74. The second kappa shape index (κ2) is 22.6. The van der Waals surface area contributed by atoms with E-state index in [4.69, 9.17) is 25.5 Å². The molecule has 2 aliphatic rings. The Bertz CT molecular complexity index is 1690. The van der Waals surface area contributed by atoms with E-state index in [1.165, 1.54) is 60.0 Å². The maximum Gasteiger partial charge on any atom is 0.328 e. The molecule has 0 amide bonds. The van der Waals surface area contributed by atoms with Gasteiger partial charge in [0.25, 0.3) is 0 Å². The van der Waals surface area contributed by atoms with Gasteiger partial charge in [0.05, 0.1) is 5.52 Å². The topological polar surface area (TPSA) is 194 Å². The van der Waals surface area contributed by atoms with Crippen LogP contribution in [0.5, 0.6) is 0 Å². The molecular weight excluding hydrogens is 701 g/mol. The lowest BCUT2D eigenvalue weighted by Gasteiger charge is -2.35. The van der Waals surface area contributed by atoms with Crippen LogP contribution in [0.1, 0.15) is 74.2 Å². The van der Waals surface area contributed by atoms with Crippen molar-refractivity contribution in [2.24, 2.45) is 0 Å². The van der Waals surface area contributed by atoms with Crippen LogP contribution < -0.4 is 4.90 Å². The Morgan fingerprint density at radius 3 is 1.70 bits per heavy atom. The third-order valence-electron chi connectivity index (χ3n) is 8.90. The zero-order chi connectivity index (χ0) is 39.5. The first-order valence-electron chi connectivity index (χ1n) is 18.1. The Kier molecular flexibility index (Phi) is 18.0. The summed E-state index contributed by atoms with van der Waals surface area (Å²) < 4.78 is 15.6. The number of halogens is 1.